The fourth-order valence-electron chi connectivity index (χ4n) is 3.03. The quantitative estimate of drug-likeness (QED) is 0.696. The third kappa shape index (κ3) is 4.21. The Morgan fingerprint density at radius 3 is 2.44 bits per heavy atom. The zero-order valence-corrected chi connectivity index (χ0v) is 15.5. The monoisotopic (exact) mass is 348 g/mol. The van der Waals surface area contributed by atoms with Gasteiger partial charge < -0.3 is 19.5 Å². The lowest BCUT2D eigenvalue weighted by atomic mass is 10.1. The molecule has 1 atom stereocenters. The van der Waals surface area contributed by atoms with Crippen LogP contribution in [0.3, 0.4) is 0 Å². The summed E-state index contributed by atoms with van der Waals surface area (Å²) in [5.74, 6) is -1.28. The number of benzene rings is 1. The van der Waals surface area contributed by atoms with E-state index in [0.717, 1.165) is 24.8 Å². The van der Waals surface area contributed by atoms with Crippen molar-refractivity contribution in [2.75, 3.05) is 27.9 Å². The van der Waals surface area contributed by atoms with E-state index in [1.54, 1.807) is 12.0 Å². The molecule has 6 heteroatoms. The number of carbonyl (C=O) groups excluding carboxylic acids is 1. The van der Waals surface area contributed by atoms with Crippen LogP contribution in [-0.2, 0) is 14.2 Å². The molecule has 0 aliphatic carbocycles. The van der Waals surface area contributed by atoms with E-state index >= 15 is 0 Å². The molecule has 1 aliphatic rings. The summed E-state index contributed by atoms with van der Waals surface area (Å²) in [5, 5.41) is 2.87. The van der Waals surface area contributed by atoms with Gasteiger partial charge in [-0.25, -0.2) is 4.79 Å². The third-order valence-corrected chi connectivity index (χ3v) is 4.45. The van der Waals surface area contributed by atoms with Gasteiger partial charge in [-0.15, -0.1) is 0 Å². The molecule has 1 aliphatic heterocycles. The van der Waals surface area contributed by atoms with Gasteiger partial charge in [-0.05, 0) is 18.1 Å². The zero-order chi connectivity index (χ0) is 18.3. The molecule has 0 spiro atoms. The molecule has 138 valence electrons. The Kier molecular flexibility index (Phi) is 6.99. The van der Waals surface area contributed by atoms with Gasteiger partial charge in [0.15, 0.2) is 0 Å². The van der Waals surface area contributed by atoms with Crippen LogP contribution in [0.15, 0.2) is 36.0 Å². The fraction of sp³-hybridized carbons (Fsp3) is 0.526. The summed E-state index contributed by atoms with van der Waals surface area (Å²) >= 11 is 0. The highest BCUT2D eigenvalue weighted by atomic mass is 16.7. The zero-order valence-electron chi connectivity index (χ0n) is 15.5. The summed E-state index contributed by atoms with van der Waals surface area (Å²) in [5.41, 5.74) is 1.51. The third-order valence-electron chi connectivity index (χ3n) is 4.45. The first kappa shape index (κ1) is 19.4. The molecule has 1 heterocycles. The van der Waals surface area contributed by atoms with Gasteiger partial charge in [-0.1, -0.05) is 50.1 Å². The Balaban J connectivity index is 2.30. The molecule has 0 saturated carbocycles. The summed E-state index contributed by atoms with van der Waals surface area (Å²) in [6, 6.07) is 9.47. The molecular formula is C19H28N2O4. The molecule has 1 unspecified atom stereocenters. The van der Waals surface area contributed by atoms with E-state index in [0.29, 0.717) is 12.2 Å². The second-order valence-electron chi connectivity index (χ2n) is 6.00. The van der Waals surface area contributed by atoms with Gasteiger partial charge in [0.1, 0.15) is 5.70 Å². The van der Waals surface area contributed by atoms with Crippen molar-refractivity contribution >= 4 is 12.1 Å². The molecule has 0 bridgehead atoms. The molecule has 1 fully saturated rings. The molecule has 1 aromatic carbocycles. The molecule has 0 radical (unpaired) electrons. The SMILES string of the molecule is CCCCC(CN1C(=O)NC(=Cc2ccccc2)C1(OC)OC)OC. The number of hydrogen-bond acceptors (Lipinski definition) is 4. The summed E-state index contributed by atoms with van der Waals surface area (Å²) in [6.07, 6.45) is 4.77. The minimum atomic E-state index is -1.28. The minimum Gasteiger partial charge on any atom is -0.380 e. The van der Waals surface area contributed by atoms with Crippen LogP contribution in [0.1, 0.15) is 31.7 Å². The predicted molar refractivity (Wildman–Crippen MR) is 96.7 cm³/mol. The lowest BCUT2D eigenvalue weighted by Gasteiger charge is -2.36. The van der Waals surface area contributed by atoms with Gasteiger partial charge in [-0.3, -0.25) is 4.90 Å². The summed E-state index contributed by atoms with van der Waals surface area (Å²) in [7, 11) is 4.73. The number of amides is 2. The Labute approximate surface area is 149 Å². The van der Waals surface area contributed by atoms with Crippen LogP contribution in [-0.4, -0.2) is 50.8 Å². The molecule has 25 heavy (non-hydrogen) atoms. The average molecular weight is 348 g/mol. The first-order valence-electron chi connectivity index (χ1n) is 8.60. The van der Waals surface area contributed by atoms with Crippen molar-refractivity contribution in [2.45, 2.75) is 38.2 Å². The minimum absolute atomic E-state index is 0.0774. The lowest BCUT2D eigenvalue weighted by molar-refractivity contribution is -0.246. The van der Waals surface area contributed by atoms with Crippen LogP contribution in [0.5, 0.6) is 0 Å². The van der Waals surface area contributed by atoms with Crippen molar-refractivity contribution < 1.29 is 19.0 Å². The van der Waals surface area contributed by atoms with Crippen LogP contribution in [0.4, 0.5) is 4.79 Å². The van der Waals surface area contributed by atoms with Crippen LogP contribution < -0.4 is 5.32 Å². The van der Waals surface area contributed by atoms with Crippen LogP contribution in [0.25, 0.3) is 6.08 Å². The Morgan fingerprint density at radius 1 is 1.20 bits per heavy atom. The number of nitrogens with zero attached hydrogens (tertiary/aromatic N) is 1. The highest BCUT2D eigenvalue weighted by Crippen LogP contribution is 2.33. The maximum atomic E-state index is 12.6. The fourth-order valence-corrected chi connectivity index (χ4v) is 3.03. The van der Waals surface area contributed by atoms with Crippen molar-refractivity contribution in [3.8, 4) is 0 Å². The van der Waals surface area contributed by atoms with Crippen LogP contribution in [0.2, 0.25) is 0 Å². The highest BCUT2D eigenvalue weighted by Gasteiger charge is 2.51. The molecule has 1 saturated heterocycles. The molecule has 0 aromatic heterocycles. The topological polar surface area (TPSA) is 60.0 Å². The first-order valence-corrected chi connectivity index (χ1v) is 8.60. The number of ether oxygens (including phenoxy) is 3. The van der Waals surface area contributed by atoms with Crippen molar-refractivity contribution in [1.82, 2.24) is 10.2 Å². The molecule has 2 amide bonds. The van der Waals surface area contributed by atoms with Gasteiger partial charge in [0.25, 0.3) is 5.91 Å². The summed E-state index contributed by atoms with van der Waals surface area (Å²) in [4.78, 5) is 14.1. The second-order valence-corrected chi connectivity index (χ2v) is 6.00. The average Bonchev–Trinajstić information content (AvgIpc) is 2.90. The van der Waals surface area contributed by atoms with E-state index in [2.05, 4.69) is 12.2 Å². The van der Waals surface area contributed by atoms with E-state index in [4.69, 9.17) is 14.2 Å². The molecular weight excluding hydrogens is 320 g/mol. The molecule has 2 rings (SSSR count). The normalized spacial score (nSPS) is 19.3. The number of carbonyl (C=O) groups is 1. The number of urea groups is 1. The van der Waals surface area contributed by atoms with Crippen molar-refractivity contribution in [3.63, 3.8) is 0 Å². The maximum absolute atomic E-state index is 12.6. The van der Waals surface area contributed by atoms with Crippen LogP contribution in [0, 0.1) is 0 Å². The second kappa shape index (κ2) is 8.99. The van der Waals surface area contributed by atoms with Crippen molar-refractivity contribution in [1.29, 1.82) is 0 Å². The van der Waals surface area contributed by atoms with E-state index in [1.807, 2.05) is 36.4 Å². The van der Waals surface area contributed by atoms with E-state index in [1.165, 1.54) is 14.2 Å². The van der Waals surface area contributed by atoms with Gasteiger partial charge in [-0.2, -0.15) is 0 Å². The molecule has 1 aromatic rings. The van der Waals surface area contributed by atoms with E-state index in [9.17, 15) is 4.79 Å². The van der Waals surface area contributed by atoms with Gasteiger partial charge in [0.2, 0.25) is 0 Å². The largest absolute Gasteiger partial charge is 0.380 e. The number of hydrogen-bond donors (Lipinski definition) is 1. The highest BCUT2D eigenvalue weighted by molar-refractivity contribution is 5.83. The first-order chi connectivity index (χ1) is 12.1. The van der Waals surface area contributed by atoms with Crippen molar-refractivity contribution in [3.05, 3.63) is 41.6 Å². The van der Waals surface area contributed by atoms with Gasteiger partial charge >= 0.3 is 6.03 Å². The van der Waals surface area contributed by atoms with Gasteiger partial charge in [0, 0.05) is 21.3 Å². The summed E-state index contributed by atoms with van der Waals surface area (Å²) < 4.78 is 16.9. The van der Waals surface area contributed by atoms with Crippen molar-refractivity contribution in [2.24, 2.45) is 0 Å². The smallest absolute Gasteiger partial charge is 0.326 e. The number of rotatable bonds is 9. The maximum Gasteiger partial charge on any atom is 0.326 e. The number of nitrogens with one attached hydrogen (secondary N) is 1. The van der Waals surface area contributed by atoms with Crippen LogP contribution >= 0.6 is 0 Å². The molecule has 1 N–H and O–H groups in total. The Morgan fingerprint density at radius 2 is 1.88 bits per heavy atom. The molecule has 6 nitrogen and oxygen atoms in total. The lowest BCUT2D eigenvalue weighted by Crippen LogP contribution is -2.52. The Hall–Kier alpha value is -1.89. The van der Waals surface area contributed by atoms with E-state index in [-0.39, 0.29) is 12.1 Å². The van der Waals surface area contributed by atoms with Gasteiger partial charge in [0.05, 0.1) is 12.6 Å². The Bertz CT molecular complexity index is 584. The summed E-state index contributed by atoms with van der Waals surface area (Å²) in [6.45, 7) is 2.51. The van der Waals surface area contributed by atoms with E-state index < -0.39 is 5.91 Å². The standard InChI is InChI=1S/C19H28N2O4/c1-5-6-12-16(23-2)14-21-18(22)20-17(19(21,24-3)25-4)13-15-10-8-7-9-11-15/h7-11,13,16H,5-6,12,14H2,1-4H3,(H,20,22). The predicted octanol–water partition coefficient (Wildman–Crippen LogP) is 3.20. The number of methoxy groups -OCH3 is 3. The number of unbranched alkanes of at least 4 members (excludes halogenated alkanes) is 1.